The minimum Gasteiger partial charge on any atom is -0.305 e. The minimum atomic E-state index is -0.362. The maximum atomic E-state index is 11.9. The molecule has 0 bridgehead atoms. The molecule has 2 aromatic heterocycles. The minimum absolute atomic E-state index is 0.312. The van der Waals surface area contributed by atoms with Gasteiger partial charge in [-0.2, -0.15) is 0 Å². The van der Waals surface area contributed by atoms with Crippen molar-refractivity contribution in [3.05, 3.63) is 39.2 Å². The van der Waals surface area contributed by atoms with Crippen LogP contribution >= 0.6 is 0 Å². The van der Waals surface area contributed by atoms with Crippen LogP contribution in [0.1, 0.15) is 19.8 Å². The van der Waals surface area contributed by atoms with Crippen LogP contribution in [0, 0.1) is 0 Å². The Morgan fingerprint density at radius 3 is 3.00 bits per heavy atom. The van der Waals surface area contributed by atoms with Crippen LogP contribution in [0.15, 0.2) is 27.9 Å². The van der Waals surface area contributed by atoms with Crippen LogP contribution in [0.3, 0.4) is 0 Å². The number of nitrogens with one attached hydrogen (secondary N) is 1. The van der Waals surface area contributed by atoms with E-state index in [-0.39, 0.29) is 11.2 Å². The summed E-state index contributed by atoms with van der Waals surface area (Å²) in [6.07, 6.45) is 3.29. The molecule has 0 saturated carbocycles. The highest BCUT2D eigenvalue weighted by molar-refractivity contribution is 5.71. The van der Waals surface area contributed by atoms with Crippen molar-refractivity contribution < 1.29 is 0 Å². The van der Waals surface area contributed by atoms with E-state index in [0.717, 1.165) is 12.8 Å². The van der Waals surface area contributed by atoms with E-state index in [1.54, 1.807) is 18.3 Å². The van der Waals surface area contributed by atoms with Crippen molar-refractivity contribution in [3.63, 3.8) is 0 Å². The van der Waals surface area contributed by atoms with Gasteiger partial charge in [0.1, 0.15) is 0 Å². The molecule has 5 nitrogen and oxygen atoms in total. The molecule has 0 aromatic carbocycles. The molecule has 1 N–H and O–H groups in total. The maximum Gasteiger partial charge on any atom is 0.328 e. The van der Waals surface area contributed by atoms with Crippen LogP contribution in [0.4, 0.5) is 0 Å². The Hall–Kier alpha value is -1.91. The lowest BCUT2D eigenvalue weighted by atomic mass is 10.3. The van der Waals surface area contributed by atoms with Crippen molar-refractivity contribution in [2.24, 2.45) is 0 Å². The first kappa shape index (κ1) is 10.6. The van der Waals surface area contributed by atoms with Crippen LogP contribution in [-0.2, 0) is 6.54 Å². The van der Waals surface area contributed by atoms with Gasteiger partial charge in [-0.25, -0.2) is 9.78 Å². The lowest BCUT2D eigenvalue weighted by Gasteiger charge is -2.04. The van der Waals surface area contributed by atoms with Gasteiger partial charge in [-0.15, -0.1) is 0 Å². The molecule has 16 heavy (non-hydrogen) atoms. The quantitative estimate of drug-likeness (QED) is 0.833. The first-order valence-electron chi connectivity index (χ1n) is 5.32. The Balaban J connectivity index is 2.66. The predicted molar refractivity (Wildman–Crippen MR) is 61.5 cm³/mol. The van der Waals surface area contributed by atoms with E-state index in [9.17, 15) is 9.59 Å². The average Bonchev–Trinajstić information content (AvgIpc) is 2.29. The first-order valence-corrected chi connectivity index (χ1v) is 5.32. The van der Waals surface area contributed by atoms with Gasteiger partial charge in [-0.1, -0.05) is 13.3 Å². The monoisotopic (exact) mass is 219 g/mol. The van der Waals surface area contributed by atoms with Crippen LogP contribution in [0.2, 0.25) is 0 Å². The van der Waals surface area contributed by atoms with Crippen molar-refractivity contribution in [2.45, 2.75) is 26.3 Å². The standard InChI is InChI=1S/C11H13N3O2/c1-2-3-7-14-10(15)9-8(13-11(14)16)5-4-6-12-9/h4-6H,2-3,7H2,1H3,(H,13,16). The maximum absolute atomic E-state index is 11.9. The number of pyridine rings is 1. The second-order valence-corrected chi connectivity index (χ2v) is 3.64. The first-order chi connectivity index (χ1) is 7.74. The Labute approximate surface area is 91.8 Å². The average molecular weight is 219 g/mol. The molecule has 84 valence electrons. The number of hydrogen-bond acceptors (Lipinski definition) is 3. The summed E-state index contributed by atoms with van der Waals surface area (Å²) in [5.41, 5.74) is 0.134. The molecular formula is C11H13N3O2. The molecule has 0 aliphatic carbocycles. The Kier molecular flexibility index (Phi) is 2.85. The fraction of sp³-hybridized carbons (Fsp3) is 0.364. The second-order valence-electron chi connectivity index (χ2n) is 3.64. The molecular weight excluding hydrogens is 206 g/mol. The summed E-state index contributed by atoms with van der Waals surface area (Å²) < 4.78 is 1.21. The molecule has 0 aliphatic heterocycles. The van der Waals surface area contributed by atoms with E-state index in [4.69, 9.17) is 0 Å². The summed E-state index contributed by atoms with van der Waals surface area (Å²) in [7, 11) is 0. The molecule has 0 atom stereocenters. The molecule has 0 radical (unpaired) electrons. The van der Waals surface area contributed by atoms with Gasteiger partial charge >= 0.3 is 5.69 Å². The third-order valence-corrected chi connectivity index (χ3v) is 2.48. The van der Waals surface area contributed by atoms with Crippen LogP contribution in [0.25, 0.3) is 11.0 Å². The van der Waals surface area contributed by atoms with E-state index in [2.05, 4.69) is 9.97 Å². The summed E-state index contributed by atoms with van der Waals surface area (Å²) in [5.74, 6) is 0. The third kappa shape index (κ3) is 1.76. The van der Waals surface area contributed by atoms with E-state index >= 15 is 0 Å². The van der Waals surface area contributed by atoms with Gasteiger partial charge in [0, 0.05) is 12.7 Å². The van der Waals surface area contributed by atoms with E-state index in [1.807, 2.05) is 6.92 Å². The van der Waals surface area contributed by atoms with Gasteiger partial charge in [-0.05, 0) is 18.6 Å². The summed E-state index contributed by atoms with van der Waals surface area (Å²) in [5, 5.41) is 0. The van der Waals surface area contributed by atoms with Gasteiger partial charge in [0.2, 0.25) is 0 Å². The largest absolute Gasteiger partial charge is 0.328 e. The molecule has 0 fully saturated rings. The van der Waals surface area contributed by atoms with Gasteiger partial charge in [0.25, 0.3) is 5.56 Å². The third-order valence-electron chi connectivity index (χ3n) is 2.48. The fourth-order valence-electron chi connectivity index (χ4n) is 1.60. The van der Waals surface area contributed by atoms with Crippen LogP contribution in [-0.4, -0.2) is 14.5 Å². The molecule has 0 spiro atoms. The highest BCUT2D eigenvalue weighted by atomic mass is 16.2. The number of hydrogen-bond donors (Lipinski definition) is 1. The van der Waals surface area contributed by atoms with Crippen LogP contribution < -0.4 is 11.2 Å². The number of rotatable bonds is 3. The Bertz CT molecular complexity index is 612. The van der Waals surface area contributed by atoms with Crippen molar-refractivity contribution >= 4 is 11.0 Å². The lowest BCUT2D eigenvalue weighted by Crippen LogP contribution is -2.35. The second kappa shape index (κ2) is 4.30. The molecule has 0 aliphatic rings. The van der Waals surface area contributed by atoms with E-state index < -0.39 is 0 Å². The van der Waals surface area contributed by atoms with Crippen LogP contribution in [0.5, 0.6) is 0 Å². The van der Waals surface area contributed by atoms with Crippen molar-refractivity contribution in [3.8, 4) is 0 Å². The zero-order chi connectivity index (χ0) is 11.5. The highest BCUT2D eigenvalue weighted by Gasteiger charge is 2.06. The molecule has 0 saturated heterocycles. The molecule has 0 amide bonds. The number of aromatic nitrogens is 3. The SMILES string of the molecule is CCCCn1c(=O)[nH]c2cccnc2c1=O. The Morgan fingerprint density at radius 1 is 1.44 bits per heavy atom. The number of aromatic amines is 1. The Morgan fingerprint density at radius 2 is 2.25 bits per heavy atom. The van der Waals surface area contributed by atoms with Crippen molar-refractivity contribution in [1.29, 1.82) is 0 Å². The molecule has 2 heterocycles. The molecule has 5 heteroatoms. The van der Waals surface area contributed by atoms with E-state index in [0.29, 0.717) is 17.6 Å². The van der Waals surface area contributed by atoms with Gasteiger partial charge in [0.15, 0.2) is 5.52 Å². The topological polar surface area (TPSA) is 67.8 Å². The lowest BCUT2D eigenvalue weighted by molar-refractivity contribution is 0.588. The zero-order valence-corrected chi connectivity index (χ0v) is 9.06. The van der Waals surface area contributed by atoms with Crippen molar-refractivity contribution in [2.75, 3.05) is 0 Å². The number of nitrogens with zero attached hydrogens (tertiary/aromatic N) is 2. The summed E-state index contributed by atoms with van der Waals surface area (Å²) in [6, 6.07) is 3.36. The van der Waals surface area contributed by atoms with Gasteiger partial charge in [0.05, 0.1) is 5.52 Å². The summed E-state index contributed by atoms with van der Waals surface area (Å²) in [6.45, 7) is 2.45. The summed E-state index contributed by atoms with van der Waals surface area (Å²) in [4.78, 5) is 30.2. The molecule has 0 unspecified atom stereocenters. The van der Waals surface area contributed by atoms with Crippen molar-refractivity contribution in [1.82, 2.24) is 14.5 Å². The normalized spacial score (nSPS) is 10.8. The summed E-state index contributed by atoms with van der Waals surface area (Å²) >= 11 is 0. The smallest absolute Gasteiger partial charge is 0.305 e. The number of fused-ring (bicyclic) bond motifs is 1. The highest BCUT2D eigenvalue weighted by Crippen LogP contribution is 1.99. The molecule has 2 aromatic rings. The van der Waals surface area contributed by atoms with Gasteiger partial charge < -0.3 is 4.98 Å². The fourth-order valence-corrected chi connectivity index (χ4v) is 1.60. The van der Waals surface area contributed by atoms with E-state index in [1.165, 1.54) is 4.57 Å². The zero-order valence-electron chi connectivity index (χ0n) is 9.06. The number of unbranched alkanes of at least 4 members (excludes halogenated alkanes) is 1. The van der Waals surface area contributed by atoms with Gasteiger partial charge in [-0.3, -0.25) is 9.36 Å². The predicted octanol–water partition coefficient (Wildman–Crippen LogP) is 0.885. The molecule has 2 rings (SSSR count). The number of H-pyrrole nitrogens is 1.